The van der Waals surface area contributed by atoms with Crippen LogP contribution in [-0.2, 0) is 10.0 Å². The van der Waals surface area contributed by atoms with Gasteiger partial charge in [0.25, 0.3) is 0 Å². The van der Waals surface area contributed by atoms with Gasteiger partial charge in [0.1, 0.15) is 0 Å². The highest BCUT2D eigenvalue weighted by molar-refractivity contribution is 9.10. The van der Waals surface area contributed by atoms with Gasteiger partial charge >= 0.3 is 0 Å². The lowest BCUT2D eigenvalue weighted by Crippen LogP contribution is -2.33. The maximum atomic E-state index is 12.0. The van der Waals surface area contributed by atoms with E-state index in [0.717, 1.165) is 15.6 Å². The van der Waals surface area contributed by atoms with Gasteiger partial charge in [0.15, 0.2) is 0 Å². The van der Waals surface area contributed by atoms with Crippen molar-refractivity contribution in [1.82, 2.24) is 0 Å². The number of hydrogen-bond donors (Lipinski definition) is 1. The zero-order chi connectivity index (χ0) is 13.4. The van der Waals surface area contributed by atoms with Crippen LogP contribution in [-0.4, -0.2) is 13.2 Å². The molecule has 1 rings (SSSR count). The van der Waals surface area contributed by atoms with Crippen LogP contribution >= 0.6 is 15.9 Å². The van der Waals surface area contributed by atoms with E-state index in [4.69, 9.17) is 0 Å². The lowest BCUT2D eigenvalue weighted by atomic mass is 10.1. The number of hydrogen-bond acceptors (Lipinski definition) is 2. The van der Waals surface area contributed by atoms with Crippen molar-refractivity contribution in [1.29, 1.82) is 0 Å². The maximum absolute atomic E-state index is 12.0. The van der Waals surface area contributed by atoms with E-state index in [9.17, 15) is 8.42 Å². The molecule has 0 bridgehead atoms. The number of halogens is 1. The zero-order valence-corrected chi connectivity index (χ0v) is 13.2. The summed E-state index contributed by atoms with van der Waals surface area (Å²) in [6, 6.07) is 3.64. The van der Waals surface area contributed by atoms with Gasteiger partial charge in [-0.2, -0.15) is 0 Å². The van der Waals surface area contributed by atoms with E-state index in [1.165, 1.54) is 0 Å². The second kappa shape index (κ2) is 4.61. The summed E-state index contributed by atoms with van der Waals surface area (Å²) in [5.74, 6) is 0. The molecule has 0 aliphatic rings. The molecule has 0 atom stereocenters. The molecule has 0 saturated heterocycles. The van der Waals surface area contributed by atoms with E-state index in [1.807, 2.05) is 26.0 Å². The predicted molar refractivity (Wildman–Crippen MR) is 75.9 cm³/mol. The van der Waals surface area contributed by atoms with Crippen molar-refractivity contribution in [2.75, 3.05) is 4.72 Å². The molecule has 0 spiro atoms. The summed E-state index contributed by atoms with van der Waals surface area (Å²) in [4.78, 5) is 0. The molecule has 1 aromatic carbocycles. The number of anilines is 1. The average Bonchev–Trinajstić information content (AvgIpc) is 2.11. The van der Waals surface area contributed by atoms with Gasteiger partial charge in [0, 0.05) is 10.2 Å². The van der Waals surface area contributed by atoms with E-state index in [2.05, 4.69) is 20.7 Å². The largest absolute Gasteiger partial charge is 0.283 e. The molecule has 1 N–H and O–H groups in total. The number of rotatable bonds is 2. The third kappa shape index (κ3) is 3.22. The lowest BCUT2D eigenvalue weighted by molar-refractivity contribution is 0.566. The minimum atomic E-state index is -3.36. The molecule has 0 heterocycles. The second-order valence-corrected chi connectivity index (χ2v) is 8.37. The van der Waals surface area contributed by atoms with Crippen LogP contribution in [0, 0.1) is 13.8 Å². The van der Waals surface area contributed by atoms with Crippen LogP contribution in [0.3, 0.4) is 0 Å². The summed E-state index contributed by atoms with van der Waals surface area (Å²) in [7, 11) is -3.36. The molecule has 0 aromatic heterocycles. The summed E-state index contributed by atoms with van der Waals surface area (Å²) in [6.45, 7) is 8.90. The smallest absolute Gasteiger partial charge is 0.237 e. The minimum Gasteiger partial charge on any atom is -0.283 e. The van der Waals surface area contributed by atoms with Crippen molar-refractivity contribution in [3.63, 3.8) is 0 Å². The van der Waals surface area contributed by atoms with Crippen LogP contribution in [0.1, 0.15) is 31.9 Å². The highest BCUT2D eigenvalue weighted by Crippen LogP contribution is 2.27. The molecule has 17 heavy (non-hydrogen) atoms. The van der Waals surface area contributed by atoms with E-state index in [0.29, 0.717) is 5.69 Å². The fraction of sp³-hybridized carbons (Fsp3) is 0.500. The Kier molecular flexibility index (Phi) is 3.94. The van der Waals surface area contributed by atoms with Gasteiger partial charge in [-0.15, -0.1) is 0 Å². The Bertz CT molecular complexity index is 507. The van der Waals surface area contributed by atoms with E-state index in [1.54, 1.807) is 20.8 Å². The molecule has 0 fully saturated rings. The third-order valence-electron chi connectivity index (χ3n) is 2.49. The summed E-state index contributed by atoms with van der Waals surface area (Å²) in [6.07, 6.45) is 0. The molecular formula is C12H18BrNO2S. The fourth-order valence-electron chi connectivity index (χ4n) is 1.31. The lowest BCUT2D eigenvalue weighted by Gasteiger charge is -2.21. The number of nitrogens with one attached hydrogen (secondary N) is 1. The highest BCUT2D eigenvalue weighted by atomic mass is 79.9. The van der Waals surface area contributed by atoms with Gasteiger partial charge < -0.3 is 0 Å². The number of sulfonamides is 1. The van der Waals surface area contributed by atoms with Crippen LogP contribution in [0.25, 0.3) is 0 Å². The summed E-state index contributed by atoms with van der Waals surface area (Å²) >= 11 is 3.46. The van der Waals surface area contributed by atoms with Gasteiger partial charge in [-0.1, -0.05) is 15.9 Å². The van der Waals surface area contributed by atoms with E-state index >= 15 is 0 Å². The van der Waals surface area contributed by atoms with Crippen molar-refractivity contribution in [3.05, 3.63) is 27.7 Å². The molecule has 0 amide bonds. The van der Waals surface area contributed by atoms with Crippen LogP contribution in [0.4, 0.5) is 5.69 Å². The standard InChI is InChI=1S/C12H18BrNO2S/c1-8-6-10(7-9(2)11(8)13)14-17(15,16)12(3,4)5/h6-7,14H,1-5H3. The molecule has 5 heteroatoms. The van der Waals surface area contributed by atoms with Crippen molar-refractivity contribution in [2.45, 2.75) is 39.4 Å². The molecule has 0 aliphatic carbocycles. The third-order valence-corrected chi connectivity index (χ3v) is 5.86. The van der Waals surface area contributed by atoms with Crippen molar-refractivity contribution >= 4 is 31.6 Å². The highest BCUT2D eigenvalue weighted by Gasteiger charge is 2.28. The van der Waals surface area contributed by atoms with Gasteiger partial charge in [-0.3, -0.25) is 4.72 Å². The molecule has 3 nitrogen and oxygen atoms in total. The Morgan fingerprint density at radius 1 is 1.12 bits per heavy atom. The minimum absolute atomic E-state index is 0.609. The second-order valence-electron chi connectivity index (χ2n) is 5.14. The fourth-order valence-corrected chi connectivity index (χ4v) is 2.28. The number of aryl methyl sites for hydroxylation is 2. The van der Waals surface area contributed by atoms with E-state index in [-0.39, 0.29) is 0 Å². The first-order valence-corrected chi connectivity index (χ1v) is 7.61. The van der Waals surface area contributed by atoms with Crippen molar-refractivity contribution in [3.8, 4) is 0 Å². The van der Waals surface area contributed by atoms with Crippen LogP contribution in [0.2, 0.25) is 0 Å². The van der Waals surface area contributed by atoms with Crippen molar-refractivity contribution in [2.24, 2.45) is 0 Å². The van der Waals surface area contributed by atoms with Gasteiger partial charge in [0.05, 0.1) is 4.75 Å². The molecular weight excluding hydrogens is 302 g/mol. The SMILES string of the molecule is Cc1cc(NS(=O)(=O)C(C)(C)C)cc(C)c1Br. The number of benzene rings is 1. The topological polar surface area (TPSA) is 46.2 Å². The first kappa shape index (κ1) is 14.5. The van der Waals surface area contributed by atoms with Crippen LogP contribution in [0.5, 0.6) is 0 Å². The van der Waals surface area contributed by atoms with E-state index < -0.39 is 14.8 Å². The monoisotopic (exact) mass is 319 g/mol. The zero-order valence-electron chi connectivity index (χ0n) is 10.8. The molecule has 0 saturated carbocycles. The van der Waals surface area contributed by atoms with Gasteiger partial charge in [0.2, 0.25) is 10.0 Å². The summed E-state index contributed by atoms with van der Waals surface area (Å²) in [5.41, 5.74) is 2.63. The molecule has 0 aliphatic heterocycles. The average molecular weight is 320 g/mol. The Morgan fingerprint density at radius 3 is 1.88 bits per heavy atom. The molecule has 96 valence electrons. The Balaban J connectivity index is 3.14. The summed E-state index contributed by atoms with van der Waals surface area (Å²) in [5, 5.41) is 0. The predicted octanol–water partition coefficient (Wildman–Crippen LogP) is 3.61. The normalized spacial score (nSPS) is 12.6. The molecule has 0 radical (unpaired) electrons. The van der Waals surface area contributed by atoms with Gasteiger partial charge in [-0.05, 0) is 57.9 Å². The Hall–Kier alpha value is -0.550. The van der Waals surface area contributed by atoms with Crippen LogP contribution in [0.15, 0.2) is 16.6 Å². The first-order chi connectivity index (χ1) is 7.54. The summed E-state index contributed by atoms with van der Waals surface area (Å²) < 4.78 is 26.8. The Labute approximate surface area is 112 Å². The van der Waals surface area contributed by atoms with Gasteiger partial charge in [-0.25, -0.2) is 8.42 Å². The van der Waals surface area contributed by atoms with Crippen molar-refractivity contribution < 1.29 is 8.42 Å². The first-order valence-electron chi connectivity index (χ1n) is 5.34. The Morgan fingerprint density at radius 2 is 1.53 bits per heavy atom. The van der Waals surface area contributed by atoms with Crippen LogP contribution < -0.4 is 4.72 Å². The molecule has 1 aromatic rings. The quantitative estimate of drug-likeness (QED) is 0.905. The molecule has 0 unspecified atom stereocenters. The maximum Gasteiger partial charge on any atom is 0.237 e.